The van der Waals surface area contributed by atoms with Crippen LogP contribution >= 0.6 is 15.9 Å². The third-order valence-electron chi connectivity index (χ3n) is 2.69. The molecule has 20 heavy (non-hydrogen) atoms. The van der Waals surface area contributed by atoms with Crippen LogP contribution in [0.15, 0.2) is 22.7 Å². The van der Waals surface area contributed by atoms with Crippen LogP contribution < -0.4 is 10.6 Å². The van der Waals surface area contributed by atoms with Gasteiger partial charge < -0.3 is 10.6 Å². The van der Waals surface area contributed by atoms with E-state index in [0.717, 1.165) is 5.56 Å². The summed E-state index contributed by atoms with van der Waals surface area (Å²) >= 11 is 3.13. The Morgan fingerprint density at radius 2 is 2.20 bits per heavy atom. The van der Waals surface area contributed by atoms with Crippen molar-refractivity contribution in [1.82, 2.24) is 10.6 Å². The van der Waals surface area contributed by atoms with Crippen LogP contribution in [0.3, 0.4) is 0 Å². The molecule has 0 aliphatic rings. The minimum absolute atomic E-state index is 0.0928. The minimum Gasteiger partial charge on any atom is -0.337 e. The van der Waals surface area contributed by atoms with Crippen LogP contribution in [0.2, 0.25) is 0 Å². The van der Waals surface area contributed by atoms with Crippen LogP contribution in [0.25, 0.3) is 0 Å². The largest absolute Gasteiger partial charge is 0.337 e. The third-order valence-corrected chi connectivity index (χ3v) is 3.30. The van der Waals surface area contributed by atoms with Crippen molar-refractivity contribution in [2.45, 2.75) is 26.3 Å². The van der Waals surface area contributed by atoms with Crippen molar-refractivity contribution in [2.75, 3.05) is 6.54 Å². The molecule has 108 valence electrons. The molecule has 0 aliphatic heterocycles. The van der Waals surface area contributed by atoms with Gasteiger partial charge in [-0.05, 0) is 53.9 Å². The quantitative estimate of drug-likeness (QED) is 0.864. The molecule has 0 heterocycles. The molecule has 1 aromatic rings. The lowest BCUT2D eigenvalue weighted by molar-refractivity contribution is 0.237. The maximum absolute atomic E-state index is 13.1. The summed E-state index contributed by atoms with van der Waals surface area (Å²) < 4.78 is 13.5. The zero-order valence-corrected chi connectivity index (χ0v) is 13.0. The van der Waals surface area contributed by atoms with Gasteiger partial charge in [0.25, 0.3) is 0 Å². The van der Waals surface area contributed by atoms with E-state index in [2.05, 4.69) is 26.6 Å². The van der Waals surface area contributed by atoms with Crippen molar-refractivity contribution in [2.24, 2.45) is 5.92 Å². The van der Waals surface area contributed by atoms with Gasteiger partial charge in [0, 0.05) is 12.6 Å². The second-order valence-electron chi connectivity index (χ2n) is 4.74. The van der Waals surface area contributed by atoms with E-state index in [4.69, 9.17) is 5.26 Å². The van der Waals surface area contributed by atoms with E-state index in [-0.39, 0.29) is 23.8 Å². The highest BCUT2D eigenvalue weighted by atomic mass is 79.9. The summed E-state index contributed by atoms with van der Waals surface area (Å²) in [4.78, 5) is 11.6. The van der Waals surface area contributed by atoms with E-state index < -0.39 is 0 Å². The SMILES string of the molecule is C[C@@H](C#N)CNC(=O)N[C@@H](C)Cc1ccc(F)c(Br)c1. The van der Waals surface area contributed by atoms with E-state index in [0.29, 0.717) is 17.4 Å². The van der Waals surface area contributed by atoms with Gasteiger partial charge >= 0.3 is 6.03 Å². The van der Waals surface area contributed by atoms with Crippen molar-refractivity contribution < 1.29 is 9.18 Å². The smallest absolute Gasteiger partial charge is 0.315 e. The molecule has 4 nitrogen and oxygen atoms in total. The second kappa shape index (κ2) is 7.85. The van der Waals surface area contributed by atoms with Crippen molar-refractivity contribution >= 4 is 22.0 Å². The van der Waals surface area contributed by atoms with Crippen LogP contribution in [0.5, 0.6) is 0 Å². The fourth-order valence-corrected chi connectivity index (χ4v) is 2.06. The Bertz CT molecular complexity index is 516. The molecule has 2 N–H and O–H groups in total. The molecular weight excluding hydrogens is 325 g/mol. The summed E-state index contributed by atoms with van der Waals surface area (Å²) in [7, 11) is 0. The molecule has 0 aliphatic carbocycles. The zero-order valence-electron chi connectivity index (χ0n) is 11.4. The van der Waals surface area contributed by atoms with Gasteiger partial charge in [0.1, 0.15) is 5.82 Å². The number of carbonyl (C=O) groups excluding carboxylic acids is 1. The summed E-state index contributed by atoms with van der Waals surface area (Å²) in [6.07, 6.45) is 0.597. The number of carbonyl (C=O) groups is 1. The standard InChI is InChI=1S/C14H17BrFN3O/c1-9(7-17)8-18-14(20)19-10(2)5-11-3-4-13(16)12(15)6-11/h3-4,6,9-10H,5,8H2,1-2H3,(H2,18,19,20)/t9-,10-/m0/s1. The van der Waals surface area contributed by atoms with Crippen LogP contribution in [0.4, 0.5) is 9.18 Å². The Morgan fingerprint density at radius 1 is 1.50 bits per heavy atom. The van der Waals surface area contributed by atoms with E-state index in [1.165, 1.54) is 6.07 Å². The monoisotopic (exact) mass is 341 g/mol. The minimum atomic E-state index is -0.308. The summed E-state index contributed by atoms with van der Waals surface area (Å²) in [5, 5.41) is 14.0. The van der Waals surface area contributed by atoms with Crippen molar-refractivity contribution in [3.8, 4) is 6.07 Å². The van der Waals surface area contributed by atoms with Gasteiger partial charge in [0.2, 0.25) is 0 Å². The summed E-state index contributed by atoms with van der Waals surface area (Å²) in [6, 6.07) is 6.42. The number of nitrogens with one attached hydrogen (secondary N) is 2. The molecule has 0 radical (unpaired) electrons. The molecule has 2 amide bonds. The Balaban J connectivity index is 2.43. The lowest BCUT2D eigenvalue weighted by atomic mass is 10.1. The van der Waals surface area contributed by atoms with Gasteiger partial charge in [-0.25, -0.2) is 9.18 Å². The first-order valence-corrected chi connectivity index (χ1v) is 7.09. The number of urea groups is 1. The number of hydrogen-bond donors (Lipinski definition) is 2. The number of rotatable bonds is 5. The van der Waals surface area contributed by atoms with Gasteiger partial charge in [-0.2, -0.15) is 5.26 Å². The zero-order chi connectivity index (χ0) is 15.1. The third kappa shape index (κ3) is 5.57. The van der Waals surface area contributed by atoms with Gasteiger partial charge in [-0.3, -0.25) is 0 Å². The molecule has 0 unspecified atom stereocenters. The summed E-state index contributed by atoms with van der Waals surface area (Å²) in [6.45, 7) is 3.92. The maximum atomic E-state index is 13.1. The van der Waals surface area contributed by atoms with E-state index >= 15 is 0 Å². The number of hydrogen-bond acceptors (Lipinski definition) is 2. The predicted octanol–water partition coefficient (Wildman–Crippen LogP) is 2.98. The van der Waals surface area contributed by atoms with E-state index in [9.17, 15) is 9.18 Å². The average Bonchev–Trinajstić information content (AvgIpc) is 2.40. The van der Waals surface area contributed by atoms with Crippen molar-refractivity contribution in [1.29, 1.82) is 5.26 Å². The molecule has 1 rings (SSSR count). The topological polar surface area (TPSA) is 64.9 Å². The van der Waals surface area contributed by atoms with Crippen LogP contribution in [-0.2, 0) is 6.42 Å². The molecular formula is C14H17BrFN3O. The first-order valence-electron chi connectivity index (χ1n) is 6.30. The number of nitrogens with zero attached hydrogens (tertiary/aromatic N) is 1. The molecule has 0 fully saturated rings. The van der Waals surface area contributed by atoms with Crippen LogP contribution in [-0.4, -0.2) is 18.6 Å². The fourth-order valence-electron chi connectivity index (χ4n) is 1.64. The maximum Gasteiger partial charge on any atom is 0.315 e. The lowest BCUT2D eigenvalue weighted by Crippen LogP contribution is -2.42. The molecule has 0 aromatic heterocycles. The first-order chi connectivity index (χ1) is 9.42. The Kier molecular flexibility index (Phi) is 6.46. The summed E-state index contributed by atoms with van der Waals surface area (Å²) in [5.74, 6) is -0.526. The van der Waals surface area contributed by atoms with Crippen molar-refractivity contribution in [3.63, 3.8) is 0 Å². The summed E-state index contributed by atoms with van der Waals surface area (Å²) in [5.41, 5.74) is 0.927. The van der Waals surface area contributed by atoms with E-state index in [1.807, 2.05) is 13.0 Å². The fraction of sp³-hybridized carbons (Fsp3) is 0.429. The number of benzene rings is 1. The van der Waals surface area contributed by atoms with Gasteiger partial charge in [0.05, 0.1) is 16.5 Å². The number of halogens is 2. The average molecular weight is 342 g/mol. The number of nitriles is 1. The van der Waals surface area contributed by atoms with Crippen LogP contribution in [0, 0.1) is 23.1 Å². The Labute approximate surface area is 126 Å². The van der Waals surface area contributed by atoms with Crippen LogP contribution in [0.1, 0.15) is 19.4 Å². The lowest BCUT2D eigenvalue weighted by Gasteiger charge is -2.15. The Morgan fingerprint density at radius 3 is 2.80 bits per heavy atom. The van der Waals surface area contributed by atoms with Crippen molar-refractivity contribution in [3.05, 3.63) is 34.1 Å². The normalized spacial score (nSPS) is 13.2. The van der Waals surface area contributed by atoms with Gasteiger partial charge in [-0.1, -0.05) is 6.07 Å². The molecule has 0 saturated heterocycles. The highest BCUT2D eigenvalue weighted by molar-refractivity contribution is 9.10. The predicted molar refractivity (Wildman–Crippen MR) is 78.6 cm³/mol. The van der Waals surface area contributed by atoms with Gasteiger partial charge in [-0.15, -0.1) is 0 Å². The van der Waals surface area contributed by atoms with E-state index in [1.54, 1.807) is 19.1 Å². The van der Waals surface area contributed by atoms with Gasteiger partial charge in [0.15, 0.2) is 0 Å². The highest BCUT2D eigenvalue weighted by Crippen LogP contribution is 2.17. The molecule has 2 atom stereocenters. The molecule has 1 aromatic carbocycles. The molecule has 0 bridgehead atoms. The highest BCUT2D eigenvalue weighted by Gasteiger charge is 2.10. The first kappa shape index (κ1) is 16.4. The Hall–Kier alpha value is -1.61. The molecule has 0 saturated carbocycles. The molecule has 6 heteroatoms. The molecule has 0 spiro atoms. The number of amides is 2. The second-order valence-corrected chi connectivity index (χ2v) is 5.59.